The fraction of sp³-hybridized carbons (Fsp3) is 0.219. The van der Waals surface area contributed by atoms with Crippen LogP contribution in [0.2, 0.25) is 10.0 Å². The molecule has 0 unspecified atom stereocenters. The van der Waals surface area contributed by atoms with Gasteiger partial charge in [0.2, 0.25) is 11.6 Å². The molecule has 41 heavy (non-hydrogen) atoms. The number of hydrogen-bond acceptors (Lipinski definition) is 4. The lowest BCUT2D eigenvalue weighted by Gasteiger charge is -2.11. The van der Waals surface area contributed by atoms with E-state index in [9.17, 15) is 4.79 Å². The van der Waals surface area contributed by atoms with E-state index in [-0.39, 0.29) is 16.7 Å². The maximum absolute atomic E-state index is 12.0. The molecular formula is C32H31Cl2N4O3+. The van der Waals surface area contributed by atoms with Crippen LogP contribution >= 0.6 is 23.2 Å². The molecule has 0 saturated heterocycles. The van der Waals surface area contributed by atoms with Gasteiger partial charge >= 0.3 is 5.76 Å². The quantitative estimate of drug-likeness (QED) is 0.170. The number of benzene rings is 3. The topological polar surface area (TPSA) is 66.1 Å². The Morgan fingerprint density at radius 2 is 1.59 bits per heavy atom. The number of terminal acetylenes is 1. The highest BCUT2D eigenvalue weighted by Gasteiger charge is 2.24. The molecule has 0 radical (unpaired) electrons. The molecule has 0 spiro atoms. The van der Waals surface area contributed by atoms with Gasteiger partial charge in [0.05, 0.1) is 22.8 Å². The maximum Gasteiger partial charge on any atom is 0.442 e. The van der Waals surface area contributed by atoms with Crippen molar-refractivity contribution in [2.24, 2.45) is 14.1 Å². The fourth-order valence-corrected chi connectivity index (χ4v) is 4.56. The largest absolute Gasteiger partial charge is 0.479 e. The predicted molar refractivity (Wildman–Crippen MR) is 163 cm³/mol. The Kier molecular flexibility index (Phi) is 9.07. The van der Waals surface area contributed by atoms with Crippen molar-refractivity contribution in [3.05, 3.63) is 105 Å². The summed E-state index contributed by atoms with van der Waals surface area (Å²) in [5.74, 6) is 2.31. The minimum absolute atomic E-state index is 0.0434. The van der Waals surface area contributed by atoms with E-state index < -0.39 is 11.2 Å². The standard InChI is InChI=1S/C17H17N2.C15H14Cl2N2O3/c1-18-16(14-9-5-3-6-10-14)13-17(19(18)2)15-11-7-4-8-12-15;1-5-6-21-12-8-11(9(16)7-10(12)17)19-14(20)22-13(18-19)15(2,3)4/h3-13H,1-2H3;1,7-8H,6H2,2-4H3/q+1;. The molecule has 0 saturated carbocycles. The summed E-state index contributed by atoms with van der Waals surface area (Å²) in [6.07, 6.45) is 5.15. The molecular weight excluding hydrogens is 559 g/mol. The number of rotatable bonds is 5. The molecule has 2 heterocycles. The second-order valence-electron chi connectivity index (χ2n) is 10.3. The summed E-state index contributed by atoms with van der Waals surface area (Å²) in [6, 6.07) is 26.2. The van der Waals surface area contributed by atoms with Crippen LogP contribution in [0.5, 0.6) is 5.75 Å². The van der Waals surface area contributed by atoms with Gasteiger partial charge in [0, 0.05) is 28.7 Å². The zero-order valence-corrected chi connectivity index (χ0v) is 25.1. The number of ether oxygens (including phenoxy) is 1. The lowest BCUT2D eigenvalue weighted by atomic mass is 9.97. The van der Waals surface area contributed by atoms with E-state index in [0.717, 1.165) is 4.68 Å². The highest BCUT2D eigenvalue weighted by molar-refractivity contribution is 6.36. The molecule has 9 heteroatoms. The van der Waals surface area contributed by atoms with E-state index in [1.807, 2.05) is 32.9 Å². The first kappa shape index (κ1) is 29.7. The van der Waals surface area contributed by atoms with Gasteiger partial charge in [-0.15, -0.1) is 16.2 Å². The average Bonchev–Trinajstić information content (AvgIpc) is 3.49. The van der Waals surface area contributed by atoms with Crippen LogP contribution < -0.4 is 15.2 Å². The first-order valence-corrected chi connectivity index (χ1v) is 13.6. The monoisotopic (exact) mass is 589 g/mol. The molecule has 210 valence electrons. The van der Waals surface area contributed by atoms with Crippen molar-refractivity contribution in [3.8, 4) is 46.3 Å². The van der Waals surface area contributed by atoms with Crippen LogP contribution in [0.25, 0.3) is 28.2 Å². The molecule has 0 N–H and O–H groups in total. The van der Waals surface area contributed by atoms with Crippen LogP contribution in [-0.2, 0) is 19.5 Å². The number of nitrogens with zero attached hydrogens (tertiary/aromatic N) is 4. The number of aromatic nitrogens is 4. The average molecular weight is 591 g/mol. The SMILES string of the molecule is C#CCOc1cc(-n2nc(C(C)(C)C)oc2=O)c(Cl)cc1Cl.Cn1c(-c2ccccc2)cc(-c2ccccc2)[n+]1C. The van der Waals surface area contributed by atoms with Gasteiger partial charge in [0.15, 0.2) is 7.05 Å². The summed E-state index contributed by atoms with van der Waals surface area (Å²) >= 11 is 12.2. The van der Waals surface area contributed by atoms with E-state index >= 15 is 0 Å². The van der Waals surface area contributed by atoms with E-state index in [2.05, 4.69) is 89.1 Å². The highest BCUT2D eigenvalue weighted by atomic mass is 35.5. The Morgan fingerprint density at radius 3 is 2.15 bits per heavy atom. The lowest BCUT2D eigenvalue weighted by molar-refractivity contribution is -0.740. The second kappa shape index (κ2) is 12.5. The predicted octanol–water partition coefficient (Wildman–Crippen LogP) is 6.63. The summed E-state index contributed by atoms with van der Waals surface area (Å²) in [5.41, 5.74) is 4.82. The van der Waals surface area contributed by atoms with Crippen LogP contribution in [0.15, 0.2) is 88.1 Å². The van der Waals surface area contributed by atoms with Gasteiger partial charge in [0.1, 0.15) is 18.1 Å². The Balaban J connectivity index is 0.000000191. The Bertz CT molecular complexity index is 1680. The van der Waals surface area contributed by atoms with Crippen LogP contribution in [0.4, 0.5) is 0 Å². The summed E-state index contributed by atoms with van der Waals surface area (Å²) in [4.78, 5) is 12.0. The van der Waals surface area contributed by atoms with E-state index in [1.54, 1.807) is 0 Å². The van der Waals surface area contributed by atoms with E-state index in [1.165, 1.54) is 34.6 Å². The molecule has 5 rings (SSSR count). The normalized spacial score (nSPS) is 11.0. The molecule has 0 aliphatic carbocycles. The third-order valence-electron chi connectivity index (χ3n) is 6.29. The molecule has 0 fully saturated rings. The van der Waals surface area contributed by atoms with Crippen molar-refractivity contribution in [2.45, 2.75) is 26.2 Å². The van der Waals surface area contributed by atoms with E-state index in [4.69, 9.17) is 38.8 Å². The van der Waals surface area contributed by atoms with Crippen molar-refractivity contribution >= 4 is 23.2 Å². The molecule has 5 aromatic rings. The molecule has 0 atom stereocenters. The van der Waals surface area contributed by atoms with Crippen LogP contribution in [0.1, 0.15) is 26.7 Å². The van der Waals surface area contributed by atoms with Crippen LogP contribution in [-0.4, -0.2) is 21.1 Å². The van der Waals surface area contributed by atoms with Crippen molar-refractivity contribution in [2.75, 3.05) is 6.61 Å². The number of halogens is 2. The lowest BCUT2D eigenvalue weighted by Crippen LogP contribution is -2.39. The molecule has 7 nitrogen and oxygen atoms in total. The first-order chi connectivity index (χ1) is 19.5. The Morgan fingerprint density at radius 1 is 0.976 bits per heavy atom. The molecule has 0 aliphatic heterocycles. The minimum atomic E-state index is -0.642. The van der Waals surface area contributed by atoms with Crippen LogP contribution in [0, 0.1) is 12.3 Å². The molecule has 0 bridgehead atoms. The molecule has 0 amide bonds. The zero-order chi connectivity index (χ0) is 29.7. The smallest absolute Gasteiger partial charge is 0.442 e. The highest BCUT2D eigenvalue weighted by Crippen LogP contribution is 2.33. The first-order valence-electron chi connectivity index (χ1n) is 12.8. The second-order valence-corrected chi connectivity index (χ2v) is 11.1. The molecule has 3 aromatic carbocycles. The summed E-state index contributed by atoms with van der Waals surface area (Å²) < 4.78 is 15.9. The van der Waals surface area contributed by atoms with Crippen LogP contribution in [0.3, 0.4) is 0 Å². The van der Waals surface area contributed by atoms with Gasteiger partial charge in [0.25, 0.3) is 0 Å². The van der Waals surface area contributed by atoms with Gasteiger partial charge in [-0.1, -0.05) is 98.4 Å². The number of hydrogen-bond donors (Lipinski definition) is 0. The minimum Gasteiger partial charge on any atom is -0.479 e. The summed E-state index contributed by atoms with van der Waals surface area (Å²) in [6.45, 7) is 5.69. The maximum atomic E-state index is 12.0. The van der Waals surface area contributed by atoms with Gasteiger partial charge in [-0.05, 0) is 18.2 Å². The van der Waals surface area contributed by atoms with Crippen molar-refractivity contribution in [3.63, 3.8) is 0 Å². The fourth-order valence-electron chi connectivity index (χ4n) is 4.04. The molecule has 2 aromatic heterocycles. The van der Waals surface area contributed by atoms with Crippen molar-refractivity contribution in [1.82, 2.24) is 14.5 Å². The van der Waals surface area contributed by atoms with Gasteiger partial charge in [-0.25, -0.2) is 4.79 Å². The summed E-state index contributed by atoms with van der Waals surface area (Å²) in [5, 5.41) is 4.71. The Labute approximate surface area is 249 Å². The molecule has 0 aliphatic rings. The Hall–Kier alpha value is -4.25. The summed E-state index contributed by atoms with van der Waals surface area (Å²) in [7, 11) is 4.18. The van der Waals surface area contributed by atoms with Gasteiger partial charge < -0.3 is 9.15 Å². The van der Waals surface area contributed by atoms with Crippen molar-refractivity contribution in [1.29, 1.82) is 0 Å². The van der Waals surface area contributed by atoms with Crippen molar-refractivity contribution < 1.29 is 13.8 Å². The third kappa shape index (κ3) is 6.74. The third-order valence-corrected chi connectivity index (χ3v) is 6.89. The van der Waals surface area contributed by atoms with E-state index in [0.29, 0.717) is 17.3 Å². The van der Waals surface area contributed by atoms with Gasteiger partial charge in [-0.3, -0.25) is 0 Å². The van der Waals surface area contributed by atoms with Gasteiger partial charge in [-0.2, -0.15) is 9.36 Å². The zero-order valence-electron chi connectivity index (χ0n) is 23.6.